The number of carboxylic acid groups (broad SMARTS) is 1. The van der Waals surface area contributed by atoms with E-state index in [4.69, 9.17) is 9.47 Å². The quantitative estimate of drug-likeness (QED) is 0.847. The molecular weight excluding hydrogens is 351 g/mol. The van der Waals surface area contributed by atoms with Crippen LogP contribution in [0.25, 0.3) is 0 Å². The lowest BCUT2D eigenvalue weighted by atomic mass is 9.97. The van der Waals surface area contributed by atoms with Crippen LogP contribution in [0.3, 0.4) is 0 Å². The molecular formula is C20H29FN2O4. The average Bonchev–Trinajstić information content (AvgIpc) is 2.61. The van der Waals surface area contributed by atoms with Gasteiger partial charge in [-0.2, -0.15) is 0 Å². The van der Waals surface area contributed by atoms with Crippen molar-refractivity contribution in [1.82, 2.24) is 9.80 Å². The van der Waals surface area contributed by atoms with Gasteiger partial charge in [-0.15, -0.1) is 0 Å². The minimum atomic E-state index is -0.952. The highest BCUT2D eigenvalue weighted by atomic mass is 19.1. The largest absolute Gasteiger partial charge is 0.494 e. The zero-order valence-corrected chi connectivity index (χ0v) is 16.2. The maximum atomic E-state index is 14.1. The first-order valence-corrected chi connectivity index (χ1v) is 9.58. The standard InChI is InChI=1S/C20H29FN2O4/c1-13-11-23(12-14(2)27-13)16-6-8-22(9-7-16)19(20(24)25)15-4-5-18(26-3)17(21)10-15/h4-5,10,13-14,16,19H,6-9,11-12H2,1-3H3,(H,24,25)/t13-,14+,19?. The maximum absolute atomic E-state index is 14.1. The summed E-state index contributed by atoms with van der Waals surface area (Å²) in [5, 5.41) is 9.76. The van der Waals surface area contributed by atoms with E-state index < -0.39 is 17.8 Å². The fraction of sp³-hybridized carbons (Fsp3) is 0.650. The molecule has 2 saturated heterocycles. The van der Waals surface area contributed by atoms with E-state index in [9.17, 15) is 14.3 Å². The molecule has 0 aromatic heterocycles. The van der Waals surface area contributed by atoms with Crippen LogP contribution in [-0.2, 0) is 9.53 Å². The number of rotatable bonds is 5. The Morgan fingerprint density at radius 2 is 1.89 bits per heavy atom. The SMILES string of the molecule is COc1ccc(C(C(=O)O)N2CCC(N3C[C@@H](C)O[C@@H](C)C3)CC2)cc1F. The van der Waals surface area contributed by atoms with Crippen LogP contribution >= 0.6 is 0 Å². The van der Waals surface area contributed by atoms with Gasteiger partial charge >= 0.3 is 5.97 Å². The highest BCUT2D eigenvalue weighted by molar-refractivity contribution is 5.75. The molecule has 2 aliphatic heterocycles. The molecule has 3 atom stereocenters. The lowest BCUT2D eigenvalue weighted by Gasteiger charge is -2.44. The van der Waals surface area contributed by atoms with Gasteiger partial charge in [0.15, 0.2) is 11.6 Å². The van der Waals surface area contributed by atoms with Gasteiger partial charge in [0.05, 0.1) is 19.3 Å². The molecule has 0 amide bonds. The number of nitrogens with zero attached hydrogens (tertiary/aromatic N) is 2. The van der Waals surface area contributed by atoms with Crippen molar-refractivity contribution < 1.29 is 23.8 Å². The number of likely N-dealkylation sites (tertiary alicyclic amines) is 1. The number of carbonyl (C=O) groups is 1. The molecule has 0 radical (unpaired) electrons. The summed E-state index contributed by atoms with van der Waals surface area (Å²) in [6.45, 7) is 7.37. The smallest absolute Gasteiger partial charge is 0.325 e. The lowest BCUT2D eigenvalue weighted by Crippen LogP contribution is -2.53. The predicted molar refractivity (Wildman–Crippen MR) is 99.5 cm³/mol. The van der Waals surface area contributed by atoms with E-state index in [1.165, 1.54) is 19.2 Å². The highest BCUT2D eigenvalue weighted by Crippen LogP contribution is 2.30. The molecule has 1 N–H and O–H groups in total. The van der Waals surface area contributed by atoms with Crippen molar-refractivity contribution in [1.29, 1.82) is 0 Å². The van der Waals surface area contributed by atoms with Crippen LogP contribution in [0.1, 0.15) is 38.3 Å². The topological polar surface area (TPSA) is 62.2 Å². The van der Waals surface area contributed by atoms with Gasteiger partial charge in [-0.05, 0) is 44.4 Å². The molecule has 0 bridgehead atoms. The summed E-state index contributed by atoms with van der Waals surface area (Å²) in [6, 6.07) is 4.00. The molecule has 2 heterocycles. The molecule has 150 valence electrons. The first-order chi connectivity index (χ1) is 12.9. The number of halogens is 1. The Morgan fingerprint density at radius 1 is 1.26 bits per heavy atom. The Bertz CT molecular complexity index is 653. The van der Waals surface area contributed by atoms with E-state index in [2.05, 4.69) is 18.7 Å². The third-order valence-electron chi connectivity index (χ3n) is 5.55. The fourth-order valence-electron chi connectivity index (χ4n) is 4.39. The molecule has 0 saturated carbocycles. The average molecular weight is 380 g/mol. The first-order valence-electron chi connectivity index (χ1n) is 9.58. The summed E-state index contributed by atoms with van der Waals surface area (Å²) in [7, 11) is 1.39. The number of piperidine rings is 1. The Hall–Kier alpha value is -1.70. The summed E-state index contributed by atoms with van der Waals surface area (Å²) < 4.78 is 24.8. The number of morpholine rings is 1. The molecule has 27 heavy (non-hydrogen) atoms. The van der Waals surface area contributed by atoms with Gasteiger partial charge in [0.1, 0.15) is 6.04 Å². The van der Waals surface area contributed by atoms with Crippen LogP contribution in [-0.4, -0.2) is 72.4 Å². The van der Waals surface area contributed by atoms with Crippen LogP contribution in [0.2, 0.25) is 0 Å². The van der Waals surface area contributed by atoms with Crippen molar-refractivity contribution in [2.75, 3.05) is 33.3 Å². The number of benzene rings is 1. The summed E-state index contributed by atoms with van der Waals surface area (Å²) in [4.78, 5) is 16.3. The van der Waals surface area contributed by atoms with Crippen LogP contribution in [0.5, 0.6) is 5.75 Å². The summed E-state index contributed by atoms with van der Waals surface area (Å²) >= 11 is 0. The van der Waals surface area contributed by atoms with Crippen molar-refractivity contribution in [3.63, 3.8) is 0 Å². The first kappa shape index (κ1) is 20.0. The molecule has 6 nitrogen and oxygen atoms in total. The Kier molecular flexibility index (Phi) is 6.34. The minimum Gasteiger partial charge on any atom is -0.494 e. The number of hydrogen-bond donors (Lipinski definition) is 1. The van der Waals surface area contributed by atoms with Crippen molar-refractivity contribution in [3.05, 3.63) is 29.6 Å². The van der Waals surface area contributed by atoms with Gasteiger partial charge in [-0.3, -0.25) is 14.6 Å². The third kappa shape index (κ3) is 4.59. The van der Waals surface area contributed by atoms with Crippen molar-refractivity contribution in [3.8, 4) is 5.75 Å². The molecule has 0 spiro atoms. The van der Waals surface area contributed by atoms with Crippen molar-refractivity contribution >= 4 is 5.97 Å². The van der Waals surface area contributed by atoms with Crippen LogP contribution in [0, 0.1) is 5.82 Å². The highest BCUT2D eigenvalue weighted by Gasteiger charge is 2.35. The number of aliphatic carboxylic acids is 1. The molecule has 2 fully saturated rings. The zero-order chi connectivity index (χ0) is 19.6. The Labute approximate surface area is 159 Å². The van der Waals surface area contributed by atoms with Crippen LogP contribution in [0.4, 0.5) is 4.39 Å². The van der Waals surface area contributed by atoms with Gasteiger partial charge in [-0.1, -0.05) is 6.07 Å². The predicted octanol–water partition coefficient (Wildman–Crippen LogP) is 2.53. The zero-order valence-electron chi connectivity index (χ0n) is 16.2. The monoisotopic (exact) mass is 380 g/mol. The Morgan fingerprint density at radius 3 is 2.41 bits per heavy atom. The second-order valence-corrected chi connectivity index (χ2v) is 7.61. The van der Waals surface area contributed by atoms with Crippen molar-refractivity contribution in [2.45, 2.75) is 51.0 Å². The third-order valence-corrected chi connectivity index (χ3v) is 5.55. The molecule has 2 aliphatic rings. The fourth-order valence-corrected chi connectivity index (χ4v) is 4.39. The second-order valence-electron chi connectivity index (χ2n) is 7.61. The van der Waals surface area contributed by atoms with Gasteiger partial charge in [-0.25, -0.2) is 4.39 Å². The number of methoxy groups -OCH3 is 1. The lowest BCUT2D eigenvalue weighted by molar-refractivity contribution is -0.144. The molecule has 1 aromatic rings. The minimum absolute atomic E-state index is 0.122. The van der Waals surface area contributed by atoms with Crippen LogP contribution < -0.4 is 4.74 Å². The summed E-state index contributed by atoms with van der Waals surface area (Å²) in [5.41, 5.74) is 0.452. The van der Waals surface area contributed by atoms with E-state index in [1.807, 2.05) is 4.90 Å². The van der Waals surface area contributed by atoms with E-state index >= 15 is 0 Å². The maximum Gasteiger partial charge on any atom is 0.325 e. The van der Waals surface area contributed by atoms with Crippen LogP contribution in [0.15, 0.2) is 18.2 Å². The number of ether oxygens (including phenoxy) is 2. The number of hydrogen-bond acceptors (Lipinski definition) is 5. The van der Waals surface area contributed by atoms with Gasteiger partial charge in [0.25, 0.3) is 0 Å². The van der Waals surface area contributed by atoms with Gasteiger partial charge in [0, 0.05) is 32.2 Å². The molecule has 1 unspecified atom stereocenters. The molecule has 3 rings (SSSR count). The van der Waals surface area contributed by atoms with Crippen molar-refractivity contribution in [2.24, 2.45) is 0 Å². The normalized spacial score (nSPS) is 26.7. The van der Waals surface area contributed by atoms with Gasteiger partial charge in [0.2, 0.25) is 0 Å². The van der Waals surface area contributed by atoms with E-state index in [1.54, 1.807) is 6.07 Å². The van der Waals surface area contributed by atoms with Gasteiger partial charge < -0.3 is 14.6 Å². The number of carboxylic acids is 1. The molecule has 0 aliphatic carbocycles. The molecule has 1 aromatic carbocycles. The Balaban J connectivity index is 1.67. The van der Waals surface area contributed by atoms with E-state index in [0.29, 0.717) is 24.7 Å². The summed E-state index contributed by atoms with van der Waals surface area (Å²) in [5.74, 6) is -1.36. The second kappa shape index (κ2) is 8.54. The molecule has 7 heteroatoms. The summed E-state index contributed by atoms with van der Waals surface area (Å²) in [6.07, 6.45) is 2.26. The van der Waals surface area contributed by atoms with E-state index in [-0.39, 0.29) is 18.0 Å². The van der Waals surface area contributed by atoms with E-state index in [0.717, 1.165) is 25.9 Å².